The molecule has 12 aromatic rings. The third kappa shape index (κ3) is 19.1. The molecule has 670 valence electrons. The molecule has 32 nitrogen and oxygen atoms in total. The zero-order chi connectivity index (χ0) is 89.7. The van der Waals surface area contributed by atoms with E-state index in [4.69, 9.17) is 9.47 Å². The number of hydrogen-bond donors (Lipinski definition) is 8. The number of benzene rings is 2. The van der Waals surface area contributed by atoms with Gasteiger partial charge in [-0.2, -0.15) is 0 Å². The Labute approximate surface area is 746 Å². The predicted molar refractivity (Wildman–Crippen MR) is 498 cm³/mol. The van der Waals surface area contributed by atoms with Crippen LogP contribution in [0.4, 0.5) is 22.7 Å². The lowest BCUT2D eigenvalue weighted by molar-refractivity contribution is -0.0619. The summed E-state index contributed by atoms with van der Waals surface area (Å²) in [4.78, 5) is 154. The van der Waals surface area contributed by atoms with Crippen molar-refractivity contribution >= 4 is 90.3 Å². The van der Waals surface area contributed by atoms with E-state index in [-0.39, 0.29) is 70.2 Å². The lowest BCUT2D eigenvalue weighted by Crippen LogP contribution is -2.64. The van der Waals surface area contributed by atoms with E-state index in [0.717, 1.165) is 216 Å². The van der Waals surface area contributed by atoms with E-state index in [1.807, 2.05) is 88.6 Å². The number of morpholine rings is 2. The lowest BCUT2D eigenvalue weighted by atomic mass is 9.82. The van der Waals surface area contributed by atoms with Crippen molar-refractivity contribution in [2.75, 3.05) is 133 Å². The first-order valence-corrected chi connectivity index (χ1v) is 44.9. The van der Waals surface area contributed by atoms with Gasteiger partial charge in [-0.05, 0) is 169 Å². The number of carbonyl (C=O) groups excluding carboxylic acids is 4. The molecule has 8 aliphatic heterocycles. The molecule has 2 aromatic carbocycles. The van der Waals surface area contributed by atoms with Crippen LogP contribution in [-0.2, 0) is 61.3 Å². The average molecular weight is 1750 g/mol. The number of ether oxygens (including phenoxy) is 2. The van der Waals surface area contributed by atoms with Gasteiger partial charge in [-0.3, -0.25) is 67.9 Å². The Morgan fingerprint density at radius 1 is 0.380 bits per heavy atom. The molecule has 0 radical (unpaired) electrons. The SMILES string of the molecule is CCc1cc2ccc(CN3C4COCC3CN(c3ccc(C(=O)NC)nc3)C4)cc2[nH]c1=O.CCc1cc2ccc(CN3CC4COCC3N4c3ccc(C(=O)NC)nc3)cc2[nH]c1=O.CCc1cc2ncc(CN3CC4CN(c5ccc(C(=O)NC)nc5)CCC43)cc2[nH]c1=O.CCc1cc2ncc(CN3CCC4C(C3)CN4c3ccc(C(=O)NC)nc3)cc2[nH]c1=O. The molecule has 0 saturated carbocycles. The lowest BCUT2D eigenvalue weighted by Gasteiger charge is -2.54. The highest BCUT2D eigenvalue weighted by molar-refractivity contribution is 5.94. The third-order valence-electron chi connectivity index (χ3n) is 26.7. The van der Waals surface area contributed by atoms with Crippen molar-refractivity contribution in [3.05, 3.63) is 267 Å². The molecule has 8 saturated heterocycles. The number of aromatic amines is 4. The molecule has 8 aliphatic rings. The molecule has 8 atom stereocenters. The molecular weight excluding hydrogens is 1630 g/mol. The fraction of sp³-hybridized carbons (Fsp3) is 0.402. The van der Waals surface area contributed by atoms with Crippen LogP contribution in [0.5, 0.6) is 0 Å². The molecule has 4 bridgehead atoms. The number of amides is 4. The van der Waals surface area contributed by atoms with Gasteiger partial charge < -0.3 is 70.3 Å². The molecule has 10 aromatic heterocycles. The van der Waals surface area contributed by atoms with Crippen LogP contribution in [0.2, 0.25) is 0 Å². The normalized spacial score (nSPS) is 20.7. The summed E-state index contributed by atoms with van der Waals surface area (Å²) in [5.74, 6) is 0.556. The largest absolute Gasteiger partial charge is 0.378 e. The topological polar surface area (TPSA) is 370 Å². The number of piperidine rings is 2. The number of nitrogens with zero attached hydrogens (tertiary/aromatic N) is 14. The van der Waals surface area contributed by atoms with Crippen molar-refractivity contribution < 1.29 is 28.7 Å². The molecule has 20 rings (SSSR count). The number of carbonyl (C=O) groups is 4. The zero-order valence-electron chi connectivity index (χ0n) is 74.2. The monoisotopic (exact) mass is 1740 g/mol. The maximum atomic E-state index is 12.3. The molecule has 8 fully saturated rings. The van der Waals surface area contributed by atoms with Gasteiger partial charge in [0.1, 0.15) is 28.9 Å². The van der Waals surface area contributed by atoms with E-state index in [1.165, 1.54) is 5.56 Å². The number of aromatic nitrogens is 10. The maximum absolute atomic E-state index is 12.3. The van der Waals surface area contributed by atoms with E-state index in [9.17, 15) is 38.4 Å². The van der Waals surface area contributed by atoms with Crippen molar-refractivity contribution in [3.63, 3.8) is 0 Å². The van der Waals surface area contributed by atoms with E-state index in [0.29, 0.717) is 86.0 Å². The number of piperazine rings is 1. The van der Waals surface area contributed by atoms with Crippen LogP contribution in [0, 0.1) is 11.8 Å². The number of nitrogens with one attached hydrogen (secondary N) is 8. The second kappa shape index (κ2) is 38.9. The summed E-state index contributed by atoms with van der Waals surface area (Å²) in [5, 5.41) is 12.5. The van der Waals surface area contributed by atoms with E-state index in [2.05, 4.69) is 159 Å². The van der Waals surface area contributed by atoms with Crippen LogP contribution in [0.3, 0.4) is 0 Å². The van der Waals surface area contributed by atoms with Crippen molar-refractivity contribution in [1.82, 2.24) is 90.7 Å². The second-order valence-corrected chi connectivity index (χ2v) is 34.7. The molecule has 0 aliphatic carbocycles. The number of aryl methyl sites for hydroxylation is 4. The Bertz CT molecular complexity index is 6190. The van der Waals surface area contributed by atoms with Crippen LogP contribution in [0.1, 0.15) is 127 Å². The molecule has 32 heteroatoms. The average Bonchev–Trinajstić information content (AvgIpc) is 1.40. The number of rotatable bonds is 20. The van der Waals surface area contributed by atoms with Crippen LogP contribution >= 0.6 is 0 Å². The van der Waals surface area contributed by atoms with Crippen molar-refractivity contribution in [2.24, 2.45) is 11.8 Å². The smallest absolute Gasteiger partial charge is 0.269 e. The van der Waals surface area contributed by atoms with Gasteiger partial charge in [0.25, 0.3) is 45.9 Å². The number of hydrogen-bond acceptors (Lipinski definition) is 24. The maximum Gasteiger partial charge on any atom is 0.269 e. The molecule has 8 unspecified atom stereocenters. The van der Waals surface area contributed by atoms with Gasteiger partial charge in [-0.1, -0.05) is 52.0 Å². The van der Waals surface area contributed by atoms with E-state index < -0.39 is 0 Å². The van der Waals surface area contributed by atoms with Crippen LogP contribution in [0.15, 0.2) is 178 Å². The Balaban J connectivity index is 0.000000121. The van der Waals surface area contributed by atoms with Crippen LogP contribution in [-0.4, -0.2) is 243 Å². The van der Waals surface area contributed by atoms with Crippen LogP contribution < -0.4 is 63.1 Å². The summed E-state index contributed by atoms with van der Waals surface area (Å²) in [6.45, 7) is 22.5. The summed E-state index contributed by atoms with van der Waals surface area (Å²) in [6, 6.07) is 41.4. The minimum atomic E-state index is -0.191. The molecule has 4 amide bonds. The van der Waals surface area contributed by atoms with E-state index >= 15 is 0 Å². The first-order chi connectivity index (χ1) is 62.7. The molecular formula is C97H112N22O10. The van der Waals surface area contributed by atoms with Gasteiger partial charge in [-0.25, -0.2) is 19.9 Å². The zero-order valence-corrected chi connectivity index (χ0v) is 74.2. The Morgan fingerprint density at radius 3 is 1.30 bits per heavy atom. The van der Waals surface area contributed by atoms with Crippen molar-refractivity contribution in [3.8, 4) is 0 Å². The number of likely N-dealkylation sites (tertiary alicyclic amines) is 2. The Kier molecular flexibility index (Phi) is 26.6. The van der Waals surface area contributed by atoms with Gasteiger partial charge in [0.2, 0.25) is 0 Å². The minimum absolute atomic E-state index is 0.00270. The first-order valence-electron chi connectivity index (χ1n) is 44.9. The standard InChI is InChI=1S/C25H29N5O3.2C24H28N6O2.C24H27N5O3/c1-3-17-9-18-5-4-16(8-23(18)28-24(17)31)11-30-20-12-29(13-21(30)15-33-14-20)19-6-7-22(27-10-19)25(32)26-2;1-3-16-9-20-21(28-23(16)31)8-15(10-26-20)12-30-14-17-13-29(7-6-22(17)30)18-4-5-19(27-11-18)24(32)25-2;1-3-16-9-20-21(28-23(16)31)8-15(10-26-20)12-29-7-6-22-17(13-29)14-30(22)18-4-5-19(27-11-18)24(32)25-2;1-3-16-9-17-5-4-15(8-21(17)27-23(16)30)11-28-12-19-13-32-14-22(28)29(19)18-6-7-20(26-10-18)24(31)25-2/h4-10,20-21H,3,11-15H2,1-2H3,(H,26,32)(H,28,31);2*4-5,8-11,17,22H,3,6-7,12-14H2,1-2H3,(H,25,32)(H,28,31);4-10,19,22H,3,11-14H2,1-2H3,(H,25,31)(H,27,30). The summed E-state index contributed by atoms with van der Waals surface area (Å²) in [7, 11) is 6.43. The Morgan fingerprint density at radius 2 is 0.814 bits per heavy atom. The fourth-order valence-electron chi connectivity index (χ4n) is 19.6. The quantitative estimate of drug-likeness (QED) is 0.0362. The summed E-state index contributed by atoms with van der Waals surface area (Å²) in [5.41, 5.74) is 18.6. The highest BCUT2D eigenvalue weighted by Gasteiger charge is 2.46. The Hall–Kier alpha value is -13.0. The molecule has 129 heavy (non-hydrogen) atoms. The second-order valence-electron chi connectivity index (χ2n) is 34.7. The summed E-state index contributed by atoms with van der Waals surface area (Å²) < 4.78 is 11.7. The van der Waals surface area contributed by atoms with Gasteiger partial charge in [0.05, 0.1) is 114 Å². The summed E-state index contributed by atoms with van der Waals surface area (Å²) in [6.07, 6.45) is 16.2. The molecule has 18 heterocycles. The van der Waals surface area contributed by atoms with Gasteiger partial charge >= 0.3 is 0 Å². The number of fused-ring (bicyclic) bond motifs is 10. The minimum Gasteiger partial charge on any atom is -0.378 e. The predicted octanol–water partition coefficient (Wildman–Crippen LogP) is 7.73. The highest BCUT2D eigenvalue weighted by atomic mass is 16.5. The van der Waals surface area contributed by atoms with Crippen molar-refractivity contribution in [1.29, 1.82) is 0 Å². The van der Waals surface area contributed by atoms with Gasteiger partial charge in [0, 0.05) is 183 Å². The third-order valence-corrected chi connectivity index (χ3v) is 26.7. The van der Waals surface area contributed by atoms with Crippen LogP contribution in [0.25, 0.3) is 43.9 Å². The van der Waals surface area contributed by atoms with Gasteiger partial charge in [-0.15, -0.1) is 0 Å². The van der Waals surface area contributed by atoms with E-state index in [1.54, 1.807) is 77.2 Å². The highest BCUT2D eigenvalue weighted by Crippen LogP contribution is 2.40. The van der Waals surface area contributed by atoms with Crippen molar-refractivity contribution in [2.45, 2.75) is 129 Å². The number of anilines is 4. The molecule has 0 spiro atoms. The first kappa shape index (κ1) is 88.1. The van der Waals surface area contributed by atoms with Gasteiger partial charge in [0.15, 0.2) is 0 Å². The fourth-order valence-corrected chi connectivity index (χ4v) is 19.6. The number of pyridine rings is 10. The summed E-state index contributed by atoms with van der Waals surface area (Å²) >= 11 is 0. The molecule has 8 N–H and O–H groups in total. The number of H-pyrrole nitrogens is 4.